The van der Waals surface area contributed by atoms with Crippen molar-refractivity contribution >= 4 is 33.0 Å². The van der Waals surface area contributed by atoms with Crippen molar-refractivity contribution in [2.45, 2.75) is 18.4 Å². The fourth-order valence-electron chi connectivity index (χ4n) is 2.91. The molecule has 0 aliphatic heterocycles. The van der Waals surface area contributed by atoms with Crippen LogP contribution in [0.3, 0.4) is 0 Å². The van der Waals surface area contributed by atoms with Crippen molar-refractivity contribution in [3.05, 3.63) is 89.1 Å². The molecule has 2 aromatic heterocycles. The molecule has 2 heterocycles. The quantitative estimate of drug-likeness (QED) is 0.411. The summed E-state index contributed by atoms with van der Waals surface area (Å²) in [5.74, 6) is -0.282. The maximum Gasteiger partial charge on any atom is 0.267 e. The van der Waals surface area contributed by atoms with Crippen molar-refractivity contribution in [1.82, 2.24) is 9.71 Å². The number of thiazole rings is 1. The average molecular weight is 472 g/mol. The van der Waals surface area contributed by atoms with Crippen molar-refractivity contribution < 1.29 is 22.0 Å². The van der Waals surface area contributed by atoms with Crippen molar-refractivity contribution in [3.63, 3.8) is 0 Å². The summed E-state index contributed by atoms with van der Waals surface area (Å²) in [5.41, 5.74) is 1.55. The van der Waals surface area contributed by atoms with Crippen LogP contribution in [0.4, 0.5) is 10.1 Å². The van der Waals surface area contributed by atoms with E-state index in [2.05, 4.69) is 15.0 Å². The summed E-state index contributed by atoms with van der Waals surface area (Å²) >= 11 is 1.18. The lowest BCUT2D eigenvalue weighted by molar-refractivity contribution is 0.102. The maximum atomic E-state index is 13.2. The van der Waals surface area contributed by atoms with Crippen LogP contribution >= 0.6 is 11.3 Å². The molecular weight excluding hydrogens is 453 g/mol. The van der Waals surface area contributed by atoms with E-state index in [9.17, 15) is 17.6 Å². The van der Waals surface area contributed by atoms with E-state index in [1.54, 1.807) is 43.3 Å². The van der Waals surface area contributed by atoms with Gasteiger partial charge in [-0.15, -0.1) is 11.3 Å². The lowest BCUT2D eigenvalue weighted by atomic mass is 10.2. The molecular formula is C22H18FN3O4S2. The zero-order chi connectivity index (χ0) is 22.7. The monoisotopic (exact) mass is 471 g/mol. The summed E-state index contributed by atoms with van der Waals surface area (Å²) < 4.78 is 45.9. The minimum Gasteiger partial charge on any atom is -0.468 e. The fraction of sp³-hybridized carbons (Fsp3) is 0.0909. The smallest absolute Gasteiger partial charge is 0.267 e. The molecule has 2 aromatic carbocycles. The molecule has 7 nitrogen and oxygen atoms in total. The van der Waals surface area contributed by atoms with Gasteiger partial charge in [0.05, 0.1) is 23.4 Å². The van der Waals surface area contributed by atoms with Crippen LogP contribution in [0.15, 0.2) is 76.2 Å². The van der Waals surface area contributed by atoms with Crippen LogP contribution in [0.2, 0.25) is 0 Å². The Morgan fingerprint density at radius 1 is 1.12 bits per heavy atom. The third-order valence-corrected chi connectivity index (χ3v) is 7.12. The van der Waals surface area contributed by atoms with E-state index in [1.165, 1.54) is 41.9 Å². The van der Waals surface area contributed by atoms with Crippen LogP contribution in [-0.2, 0) is 16.6 Å². The molecule has 0 unspecified atom stereocenters. The van der Waals surface area contributed by atoms with Gasteiger partial charge < -0.3 is 9.73 Å². The Morgan fingerprint density at radius 2 is 1.91 bits per heavy atom. The molecule has 0 saturated heterocycles. The largest absolute Gasteiger partial charge is 0.468 e. The summed E-state index contributed by atoms with van der Waals surface area (Å²) in [6, 6.07) is 15.1. The number of carbonyl (C=O) groups is 1. The molecule has 0 bridgehead atoms. The van der Waals surface area contributed by atoms with E-state index < -0.39 is 15.9 Å². The second kappa shape index (κ2) is 9.03. The van der Waals surface area contributed by atoms with Crippen LogP contribution in [0.5, 0.6) is 0 Å². The fourth-order valence-corrected chi connectivity index (χ4v) is 4.92. The summed E-state index contributed by atoms with van der Waals surface area (Å²) in [6.45, 7) is 1.72. The topological polar surface area (TPSA) is 101 Å². The number of furan rings is 1. The van der Waals surface area contributed by atoms with Crippen LogP contribution in [0.1, 0.15) is 21.1 Å². The molecule has 0 atom stereocenters. The van der Waals surface area contributed by atoms with Crippen LogP contribution in [0.25, 0.3) is 10.6 Å². The van der Waals surface area contributed by atoms with Gasteiger partial charge in [0.15, 0.2) is 0 Å². The molecule has 0 saturated carbocycles. The highest BCUT2D eigenvalue weighted by Crippen LogP contribution is 2.29. The third kappa shape index (κ3) is 4.93. The number of nitrogens with zero attached hydrogens (tertiary/aromatic N) is 1. The Kier molecular flexibility index (Phi) is 6.17. The third-order valence-electron chi connectivity index (χ3n) is 4.51. The zero-order valence-corrected chi connectivity index (χ0v) is 18.5. The minimum absolute atomic E-state index is 0.00915. The minimum atomic E-state index is -3.80. The van der Waals surface area contributed by atoms with Gasteiger partial charge in [-0.2, -0.15) is 0 Å². The number of benzene rings is 2. The number of hydrogen-bond acceptors (Lipinski definition) is 6. The number of rotatable bonds is 7. The summed E-state index contributed by atoms with van der Waals surface area (Å²) in [4.78, 5) is 17.6. The van der Waals surface area contributed by atoms with Gasteiger partial charge in [-0.3, -0.25) is 4.79 Å². The molecule has 32 heavy (non-hydrogen) atoms. The number of carbonyl (C=O) groups excluding carboxylic acids is 1. The Hall–Kier alpha value is -3.34. The Balaban J connectivity index is 1.50. The number of halogens is 1. The Bertz CT molecular complexity index is 1350. The van der Waals surface area contributed by atoms with Gasteiger partial charge in [0.1, 0.15) is 21.5 Å². The first-order valence-electron chi connectivity index (χ1n) is 9.49. The molecule has 0 radical (unpaired) electrons. The molecule has 0 aliphatic carbocycles. The van der Waals surface area contributed by atoms with Crippen molar-refractivity contribution in [2.24, 2.45) is 0 Å². The first kappa shape index (κ1) is 21.9. The van der Waals surface area contributed by atoms with Crippen LogP contribution < -0.4 is 10.0 Å². The first-order valence-corrected chi connectivity index (χ1v) is 11.8. The molecule has 164 valence electrons. The van der Waals surface area contributed by atoms with Gasteiger partial charge in [0.2, 0.25) is 10.0 Å². The zero-order valence-electron chi connectivity index (χ0n) is 16.8. The summed E-state index contributed by atoms with van der Waals surface area (Å²) in [7, 11) is -3.80. The van der Waals surface area contributed by atoms with Crippen LogP contribution in [-0.4, -0.2) is 19.3 Å². The number of aromatic nitrogens is 1. The highest BCUT2D eigenvalue weighted by Gasteiger charge is 2.19. The van der Waals surface area contributed by atoms with Gasteiger partial charge in [-0.05, 0) is 61.5 Å². The van der Waals surface area contributed by atoms with Gasteiger partial charge in [-0.1, -0.05) is 6.07 Å². The molecule has 0 spiro atoms. The predicted octanol–water partition coefficient (Wildman–Crippen LogP) is 4.58. The maximum absolute atomic E-state index is 13.2. The second-order valence-electron chi connectivity index (χ2n) is 6.83. The predicted molar refractivity (Wildman–Crippen MR) is 119 cm³/mol. The SMILES string of the molecule is Cc1nc(-c2ccc(F)cc2)sc1C(=O)Nc1cccc(S(=O)(=O)NCc2ccco2)c1. The first-order chi connectivity index (χ1) is 15.3. The average Bonchev–Trinajstić information content (AvgIpc) is 3.43. The van der Waals surface area contributed by atoms with Gasteiger partial charge in [0, 0.05) is 11.3 Å². The summed E-state index contributed by atoms with van der Waals surface area (Å²) in [6.07, 6.45) is 1.46. The van der Waals surface area contributed by atoms with E-state index in [0.717, 1.165) is 0 Å². The summed E-state index contributed by atoms with van der Waals surface area (Å²) in [5, 5.41) is 3.30. The lowest BCUT2D eigenvalue weighted by Crippen LogP contribution is -2.23. The normalized spacial score (nSPS) is 11.4. The standard InChI is InChI=1S/C22H18FN3O4S2/c1-14-20(31-22(25-14)15-7-9-16(23)10-8-15)21(27)26-17-4-2-6-19(12-17)32(28,29)24-13-18-5-3-11-30-18/h2-12,24H,13H2,1H3,(H,26,27). The molecule has 2 N–H and O–H groups in total. The van der Waals surface area contributed by atoms with Crippen molar-refractivity contribution in [1.29, 1.82) is 0 Å². The van der Waals surface area contributed by atoms with E-state index in [1.807, 2.05) is 0 Å². The highest BCUT2D eigenvalue weighted by molar-refractivity contribution is 7.89. The molecule has 1 amide bonds. The van der Waals surface area contributed by atoms with Crippen LogP contribution in [0, 0.1) is 12.7 Å². The van der Waals surface area contributed by atoms with Gasteiger partial charge in [0.25, 0.3) is 5.91 Å². The van der Waals surface area contributed by atoms with Crippen molar-refractivity contribution in [2.75, 3.05) is 5.32 Å². The number of hydrogen-bond donors (Lipinski definition) is 2. The molecule has 0 aliphatic rings. The second-order valence-corrected chi connectivity index (χ2v) is 9.59. The van der Waals surface area contributed by atoms with E-state index in [4.69, 9.17) is 4.42 Å². The van der Waals surface area contributed by atoms with Gasteiger partial charge >= 0.3 is 0 Å². The van der Waals surface area contributed by atoms with Gasteiger partial charge in [-0.25, -0.2) is 22.5 Å². The molecule has 4 rings (SSSR count). The number of aryl methyl sites for hydroxylation is 1. The Labute approximate surface area is 188 Å². The molecule has 4 aromatic rings. The van der Waals surface area contributed by atoms with E-state index in [-0.39, 0.29) is 17.3 Å². The van der Waals surface area contributed by atoms with Crippen molar-refractivity contribution in [3.8, 4) is 10.6 Å². The number of nitrogens with one attached hydrogen (secondary N) is 2. The Morgan fingerprint density at radius 3 is 2.62 bits per heavy atom. The highest BCUT2D eigenvalue weighted by atomic mass is 32.2. The molecule has 10 heteroatoms. The van der Waals surface area contributed by atoms with E-state index in [0.29, 0.717) is 32.6 Å². The number of anilines is 1. The van der Waals surface area contributed by atoms with E-state index >= 15 is 0 Å². The lowest BCUT2D eigenvalue weighted by Gasteiger charge is -2.08. The molecule has 0 fully saturated rings. The number of sulfonamides is 1. The number of amides is 1.